The Bertz CT molecular complexity index is 455. The maximum absolute atomic E-state index is 9.48. The number of hydrogen-bond acceptors (Lipinski definition) is 2. The molecule has 17 heavy (non-hydrogen) atoms. The molecule has 2 rings (SSSR count). The Kier molecular flexibility index (Phi) is 3.81. The molecule has 1 aromatic rings. The first-order valence-corrected chi connectivity index (χ1v) is 5.50. The van der Waals surface area contributed by atoms with E-state index in [2.05, 4.69) is 18.2 Å². The molecular weight excluding hydrogens is 212 g/mol. The fraction of sp³-hybridized carbons (Fsp3) is 0.133. The van der Waals surface area contributed by atoms with Gasteiger partial charge in [0.05, 0.1) is 0 Å². The molecule has 0 aliphatic heterocycles. The van der Waals surface area contributed by atoms with E-state index < -0.39 is 6.29 Å². The lowest BCUT2D eigenvalue weighted by atomic mass is 10.00. The summed E-state index contributed by atoms with van der Waals surface area (Å²) in [6.07, 6.45) is 8.89. The minimum Gasteiger partial charge on any atom is -0.372 e. The van der Waals surface area contributed by atoms with E-state index >= 15 is 0 Å². The third kappa shape index (κ3) is 3.09. The van der Waals surface area contributed by atoms with E-state index in [1.165, 1.54) is 7.11 Å². The minimum atomic E-state index is -0.847. The maximum Gasteiger partial charge on any atom is 0.145 e. The number of benzene rings is 1. The van der Waals surface area contributed by atoms with E-state index in [1.807, 2.05) is 42.8 Å². The number of rotatable bonds is 3. The van der Waals surface area contributed by atoms with Gasteiger partial charge in [-0.25, -0.2) is 0 Å². The zero-order chi connectivity index (χ0) is 12.1. The van der Waals surface area contributed by atoms with E-state index in [9.17, 15) is 5.11 Å². The van der Waals surface area contributed by atoms with Crippen molar-refractivity contribution in [3.63, 3.8) is 0 Å². The number of methoxy groups -OCH3 is 1. The van der Waals surface area contributed by atoms with Gasteiger partial charge in [0.1, 0.15) is 6.29 Å². The molecule has 1 unspecified atom stereocenters. The predicted octanol–water partition coefficient (Wildman–Crippen LogP) is 2.74. The van der Waals surface area contributed by atoms with Crippen molar-refractivity contribution in [2.45, 2.75) is 6.29 Å². The predicted molar refractivity (Wildman–Crippen MR) is 69.0 cm³/mol. The van der Waals surface area contributed by atoms with E-state index in [0.717, 1.165) is 16.7 Å². The highest BCUT2D eigenvalue weighted by molar-refractivity contribution is 5.61. The third-order valence-electron chi connectivity index (χ3n) is 2.58. The quantitative estimate of drug-likeness (QED) is 0.635. The molecule has 0 heterocycles. The fourth-order valence-electron chi connectivity index (χ4n) is 1.63. The Morgan fingerprint density at radius 3 is 2.59 bits per heavy atom. The van der Waals surface area contributed by atoms with Crippen LogP contribution in [0.2, 0.25) is 0 Å². The van der Waals surface area contributed by atoms with Crippen molar-refractivity contribution < 1.29 is 9.84 Å². The summed E-state index contributed by atoms with van der Waals surface area (Å²) in [7, 11) is 1.48. The van der Waals surface area contributed by atoms with Gasteiger partial charge < -0.3 is 9.84 Å². The first-order valence-electron chi connectivity index (χ1n) is 5.50. The van der Waals surface area contributed by atoms with Gasteiger partial charge in [-0.05, 0) is 0 Å². The third-order valence-corrected chi connectivity index (χ3v) is 2.58. The number of aliphatic hydroxyl groups excluding tert-OH is 1. The van der Waals surface area contributed by atoms with Gasteiger partial charge in [0, 0.05) is 7.11 Å². The Morgan fingerprint density at radius 1 is 1.24 bits per heavy atom. The molecule has 1 aliphatic rings. The molecule has 2 heteroatoms. The second kappa shape index (κ2) is 5.53. The van der Waals surface area contributed by atoms with Crippen molar-refractivity contribution >= 4 is 6.08 Å². The highest BCUT2D eigenvalue weighted by Crippen LogP contribution is 2.19. The smallest absolute Gasteiger partial charge is 0.145 e. The molecule has 1 atom stereocenters. The summed E-state index contributed by atoms with van der Waals surface area (Å²) < 4.78 is 4.84. The van der Waals surface area contributed by atoms with E-state index in [1.54, 1.807) is 0 Å². The molecule has 0 spiro atoms. The van der Waals surface area contributed by atoms with Crippen LogP contribution in [0.1, 0.15) is 5.56 Å². The Morgan fingerprint density at radius 2 is 2.00 bits per heavy atom. The standard InChI is InChI=1S/C15H15O2/c1-17-15(16)14-9-7-13(8-10-14)11-12-5-3-2-4-6-12/h2-11,15-16H,1H3/q-1. The molecule has 0 aromatic heterocycles. The monoisotopic (exact) mass is 227 g/mol. The highest BCUT2D eigenvalue weighted by atomic mass is 16.6. The summed E-state index contributed by atoms with van der Waals surface area (Å²) in [5, 5.41) is 9.48. The lowest BCUT2D eigenvalue weighted by molar-refractivity contribution is -0.0421. The van der Waals surface area contributed by atoms with Gasteiger partial charge >= 0.3 is 0 Å². The van der Waals surface area contributed by atoms with Crippen molar-refractivity contribution in [3.05, 3.63) is 71.7 Å². The summed E-state index contributed by atoms with van der Waals surface area (Å²) in [5.74, 6) is 0. The van der Waals surface area contributed by atoms with Gasteiger partial charge in [0.15, 0.2) is 0 Å². The van der Waals surface area contributed by atoms with E-state index in [-0.39, 0.29) is 0 Å². The van der Waals surface area contributed by atoms with Crippen LogP contribution >= 0.6 is 0 Å². The number of ether oxygens (including phenoxy) is 1. The van der Waals surface area contributed by atoms with Crippen LogP contribution in [0.25, 0.3) is 6.08 Å². The zero-order valence-electron chi connectivity index (χ0n) is 9.71. The van der Waals surface area contributed by atoms with Gasteiger partial charge in [0.25, 0.3) is 0 Å². The second-order valence-corrected chi connectivity index (χ2v) is 3.81. The molecule has 0 amide bonds. The second-order valence-electron chi connectivity index (χ2n) is 3.81. The van der Waals surface area contributed by atoms with Gasteiger partial charge in [-0.2, -0.15) is 0 Å². The van der Waals surface area contributed by atoms with E-state index in [4.69, 9.17) is 4.74 Å². The average molecular weight is 227 g/mol. The highest BCUT2D eigenvalue weighted by Gasteiger charge is 2.03. The van der Waals surface area contributed by atoms with Crippen LogP contribution in [0.4, 0.5) is 0 Å². The van der Waals surface area contributed by atoms with Crippen LogP contribution in [0.3, 0.4) is 0 Å². The first-order chi connectivity index (χ1) is 8.29. The summed E-state index contributed by atoms with van der Waals surface area (Å²) in [6, 6.07) is 10.1. The van der Waals surface area contributed by atoms with Crippen LogP contribution in [0.5, 0.6) is 0 Å². The molecule has 0 saturated heterocycles. The van der Waals surface area contributed by atoms with E-state index in [0.29, 0.717) is 0 Å². The minimum absolute atomic E-state index is 0.762. The molecular formula is C15H15O2-. The van der Waals surface area contributed by atoms with Crippen LogP contribution in [0, 0.1) is 6.42 Å². The summed E-state index contributed by atoms with van der Waals surface area (Å²) in [4.78, 5) is 0. The maximum atomic E-state index is 9.48. The lowest BCUT2D eigenvalue weighted by Gasteiger charge is -2.20. The molecule has 0 saturated carbocycles. The number of hydrogen-bond donors (Lipinski definition) is 1. The molecule has 1 aromatic carbocycles. The topological polar surface area (TPSA) is 29.5 Å². The molecule has 0 bridgehead atoms. The Balaban J connectivity index is 2.08. The Hall–Kier alpha value is -1.77. The normalized spacial score (nSPS) is 18.7. The van der Waals surface area contributed by atoms with Crippen LogP contribution in [0.15, 0.2) is 59.7 Å². The molecule has 88 valence electrons. The lowest BCUT2D eigenvalue weighted by Crippen LogP contribution is -2.12. The average Bonchev–Trinajstić information content (AvgIpc) is 2.40. The SMILES string of the molecule is COC(O)C1=C[CH-]C(=Cc2ccccc2)C=C1. The molecule has 2 nitrogen and oxygen atoms in total. The molecule has 1 aliphatic carbocycles. The van der Waals surface area contributed by atoms with Crippen LogP contribution in [-0.2, 0) is 4.74 Å². The summed E-state index contributed by atoms with van der Waals surface area (Å²) in [5.41, 5.74) is 3.02. The number of allylic oxidation sites excluding steroid dienone is 3. The summed E-state index contributed by atoms with van der Waals surface area (Å²) in [6.45, 7) is 0. The van der Waals surface area contributed by atoms with Crippen molar-refractivity contribution in [1.82, 2.24) is 0 Å². The van der Waals surface area contributed by atoms with Gasteiger partial charge in [-0.15, -0.1) is 36.3 Å². The largest absolute Gasteiger partial charge is 0.372 e. The molecule has 0 radical (unpaired) electrons. The first kappa shape index (κ1) is 11.7. The van der Waals surface area contributed by atoms with Crippen molar-refractivity contribution in [2.24, 2.45) is 0 Å². The van der Waals surface area contributed by atoms with Crippen LogP contribution in [-0.4, -0.2) is 18.5 Å². The van der Waals surface area contributed by atoms with Gasteiger partial charge in [0.2, 0.25) is 0 Å². The number of aliphatic hydroxyl groups is 1. The van der Waals surface area contributed by atoms with Gasteiger partial charge in [-0.1, -0.05) is 41.5 Å². The zero-order valence-corrected chi connectivity index (χ0v) is 9.71. The van der Waals surface area contributed by atoms with Crippen molar-refractivity contribution in [3.8, 4) is 0 Å². The van der Waals surface area contributed by atoms with Crippen molar-refractivity contribution in [1.29, 1.82) is 0 Å². The molecule has 1 N–H and O–H groups in total. The van der Waals surface area contributed by atoms with Gasteiger partial charge in [-0.3, -0.25) is 0 Å². The molecule has 0 fully saturated rings. The fourth-order valence-corrected chi connectivity index (χ4v) is 1.63. The Labute approximate surface area is 102 Å². The summed E-state index contributed by atoms with van der Waals surface area (Å²) >= 11 is 0. The van der Waals surface area contributed by atoms with Crippen molar-refractivity contribution in [2.75, 3.05) is 7.11 Å². The van der Waals surface area contributed by atoms with Crippen LogP contribution < -0.4 is 0 Å².